The predicted molar refractivity (Wildman–Crippen MR) is 71.1 cm³/mol. The van der Waals surface area contributed by atoms with Crippen molar-refractivity contribution < 1.29 is 8.78 Å². The van der Waals surface area contributed by atoms with Gasteiger partial charge in [0.2, 0.25) is 0 Å². The largest absolute Gasteiger partial charge is 0.364 e. The van der Waals surface area contributed by atoms with Crippen LogP contribution in [0.2, 0.25) is 0 Å². The van der Waals surface area contributed by atoms with Crippen LogP contribution in [0.5, 0.6) is 0 Å². The first kappa shape index (κ1) is 13.6. The molecule has 1 aromatic rings. The molecule has 1 aliphatic heterocycles. The molecule has 4 heteroatoms. The van der Waals surface area contributed by atoms with Gasteiger partial charge in [0.05, 0.1) is 0 Å². The SMILES string of the molecule is CC1CCN(c2c(F)cc(CCl)cc2F)C(C)C1. The van der Waals surface area contributed by atoms with Crippen LogP contribution in [0.1, 0.15) is 32.3 Å². The first-order valence-corrected chi connectivity index (χ1v) is 6.87. The van der Waals surface area contributed by atoms with Gasteiger partial charge in [0.25, 0.3) is 0 Å². The molecule has 0 N–H and O–H groups in total. The molecule has 0 saturated carbocycles. The maximum atomic E-state index is 14.0. The van der Waals surface area contributed by atoms with Crippen LogP contribution >= 0.6 is 11.6 Å². The Bertz CT molecular complexity index is 413. The first-order chi connectivity index (χ1) is 8.52. The highest BCUT2D eigenvalue weighted by atomic mass is 35.5. The maximum absolute atomic E-state index is 14.0. The van der Waals surface area contributed by atoms with Crippen molar-refractivity contribution in [1.82, 2.24) is 0 Å². The molecule has 0 radical (unpaired) electrons. The summed E-state index contributed by atoms with van der Waals surface area (Å²) in [5.74, 6) is -0.274. The van der Waals surface area contributed by atoms with E-state index < -0.39 is 11.6 Å². The van der Waals surface area contributed by atoms with E-state index in [1.165, 1.54) is 12.1 Å². The zero-order valence-electron chi connectivity index (χ0n) is 10.7. The molecule has 0 amide bonds. The van der Waals surface area contributed by atoms with Gasteiger partial charge in [0, 0.05) is 18.5 Å². The highest BCUT2D eigenvalue weighted by Crippen LogP contribution is 2.32. The van der Waals surface area contributed by atoms with Gasteiger partial charge in [0.15, 0.2) is 0 Å². The van der Waals surface area contributed by atoms with Crippen molar-refractivity contribution in [3.8, 4) is 0 Å². The van der Waals surface area contributed by atoms with E-state index in [1.54, 1.807) is 0 Å². The van der Waals surface area contributed by atoms with Gasteiger partial charge in [-0.15, -0.1) is 11.6 Å². The fraction of sp³-hybridized carbons (Fsp3) is 0.571. The molecule has 1 aromatic carbocycles. The molecule has 1 nitrogen and oxygen atoms in total. The maximum Gasteiger partial charge on any atom is 0.149 e. The van der Waals surface area contributed by atoms with E-state index in [0.717, 1.165) is 12.8 Å². The second kappa shape index (κ2) is 5.43. The molecule has 1 heterocycles. The van der Waals surface area contributed by atoms with Gasteiger partial charge >= 0.3 is 0 Å². The molecule has 2 unspecified atom stereocenters. The molecule has 1 saturated heterocycles. The van der Waals surface area contributed by atoms with E-state index >= 15 is 0 Å². The fourth-order valence-corrected chi connectivity index (χ4v) is 2.86. The topological polar surface area (TPSA) is 3.24 Å². The summed E-state index contributed by atoms with van der Waals surface area (Å²) >= 11 is 5.61. The van der Waals surface area contributed by atoms with Crippen LogP contribution in [0.4, 0.5) is 14.5 Å². The number of alkyl halides is 1. The highest BCUT2D eigenvalue weighted by molar-refractivity contribution is 6.17. The fourth-order valence-electron chi connectivity index (χ4n) is 2.71. The van der Waals surface area contributed by atoms with Gasteiger partial charge in [-0.25, -0.2) is 8.78 Å². The van der Waals surface area contributed by atoms with E-state index in [0.29, 0.717) is 18.0 Å². The molecule has 0 aromatic heterocycles. The van der Waals surface area contributed by atoms with E-state index in [4.69, 9.17) is 11.6 Å². The van der Waals surface area contributed by atoms with E-state index in [9.17, 15) is 8.78 Å². The third kappa shape index (κ3) is 2.61. The minimum Gasteiger partial charge on any atom is -0.364 e. The lowest BCUT2D eigenvalue weighted by Crippen LogP contribution is -2.41. The lowest BCUT2D eigenvalue weighted by Gasteiger charge is -2.38. The summed E-state index contributed by atoms with van der Waals surface area (Å²) in [6.07, 6.45) is 1.94. The summed E-state index contributed by atoms with van der Waals surface area (Å²) in [4.78, 5) is 1.84. The Kier molecular flexibility index (Phi) is 4.10. The summed E-state index contributed by atoms with van der Waals surface area (Å²) in [5.41, 5.74) is 0.580. The van der Waals surface area contributed by atoms with Crippen molar-refractivity contribution in [1.29, 1.82) is 0 Å². The van der Waals surface area contributed by atoms with Gasteiger partial charge in [-0.2, -0.15) is 0 Å². The quantitative estimate of drug-likeness (QED) is 0.725. The van der Waals surface area contributed by atoms with E-state index in [1.807, 2.05) is 11.8 Å². The van der Waals surface area contributed by atoms with Crippen molar-refractivity contribution in [2.24, 2.45) is 5.92 Å². The summed E-state index contributed by atoms with van der Waals surface area (Å²) in [5, 5.41) is 0. The number of benzene rings is 1. The van der Waals surface area contributed by atoms with Crippen LogP contribution in [0, 0.1) is 17.6 Å². The molecule has 1 fully saturated rings. The smallest absolute Gasteiger partial charge is 0.149 e. The summed E-state index contributed by atoms with van der Waals surface area (Å²) in [6, 6.07) is 2.83. The number of hydrogen-bond acceptors (Lipinski definition) is 1. The average molecular weight is 274 g/mol. The molecule has 100 valence electrons. The van der Waals surface area contributed by atoms with Crippen molar-refractivity contribution >= 4 is 17.3 Å². The zero-order valence-corrected chi connectivity index (χ0v) is 11.5. The number of rotatable bonds is 2. The van der Waals surface area contributed by atoms with Gasteiger partial charge in [0.1, 0.15) is 17.3 Å². The summed E-state index contributed by atoms with van der Waals surface area (Å²) in [7, 11) is 0. The molecule has 0 aliphatic carbocycles. The average Bonchev–Trinajstić information content (AvgIpc) is 2.30. The van der Waals surface area contributed by atoms with Gasteiger partial charge in [-0.05, 0) is 43.4 Å². The van der Waals surface area contributed by atoms with Gasteiger partial charge < -0.3 is 4.90 Å². The molecule has 0 bridgehead atoms. The zero-order chi connectivity index (χ0) is 13.3. The Balaban J connectivity index is 2.33. The standard InChI is InChI=1S/C14H18ClF2N/c1-9-3-4-18(10(2)5-9)14-12(16)6-11(8-15)7-13(14)17/h6-7,9-10H,3-5,8H2,1-2H3. The summed E-state index contributed by atoms with van der Waals surface area (Å²) in [6.45, 7) is 4.90. The Morgan fingerprint density at radius 3 is 2.39 bits per heavy atom. The van der Waals surface area contributed by atoms with Gasteiger partial charge in [-0.3, -0.25) is 0 Å². The monoisotopic (exact) mass is 273 g/mol. The first-order valence-electron chi connectivity index (χ1n) is 6.33. The molecule has 2 rings (SSSR count). The minimum atomic E-state index is -0.507. The highest BCUT2D eigenvalue weighted by Gasteiger charge is 2.27. The number of piperidine rings is 1. The van der Waals surface area contributed by atoms with Crippen molar-refractivity contribution in [3.05, 3.63) is 29.3 Å². The van der Waals surface area contributed by atoms with Crippen LogP contribution in [0.15, 0.2) is 12.1 Å². The number of hydrogen-bond donors (Lipinski definition) is 0. The second-order valence-electron chi connectivity index (χ2n) is 5.21. The van der Waals surface area contributed by atoms with Crippen LogP contribution in [0.25, 0.3) is 0 Å². The van der Waals surface area contributed by atoms with E-state index in [-0.39, 0.29) is 17.6 Å². The van der Waals surface area contributed by atoms with Gasteiger partial charge in [-0.1, -0.05) is 6.92 Å². The third-order valence-electron chi connectivity index (χ3n) is 3.66. The number of anilines is 1. The molecule has 0 spiro atoms. The van der Waals surface area contributed by atoms with Crippen LogP contribution in [-0.2, 0) is 5.88 Å². The Hall–Kier alpha value is -0.830. The number of nitrogens with zero attached hydrogens (tertiary/aromatic N) is 1. The van der Waals surface area contributed by atoms with Crippen LogP contribution in [0.3, 0.4) is 0 Å². The third-order valence-corrected chi connectivity index (χ3v) is 3.97. The molecule has 2 atom stereocenters. The molecule has 1 aliphatic rings. The molecular formula is C14H18ClF2N. The second-order valence-corrected chi connectivity index (χ2v) is 5.48. The Morgan fingerprint density at radius 2 is 1.89 bits per heavy atom. The van der Waals surface area contributed by atoms with Crippen LogP contribution < -0.4 is 4.90 Å². The van der Waals surface area contributed by atoms with Crippen LogP contribution in [-0.4, -0.2) is 12.6 Å². The minimum absolute atomic E-state index is 0.100. The lowest BCUT2D eigenvalue weighted by atomic mass is 9.93. The van der Waals surface area contributed by atoms with Crippen molar-refractivity contribution in [3.63, 3.8) is 0 Å². The van der Waals surface area contributed by atoms with E-state index in [2.05, 4.69) is 6.92 Å². The molecular weight excluding hydrogens is 256 g/mol. The number of halogens is 3. The normalized spacial score (nSPS) is 24.4. The Labute approximate surface area is 112 Å². The lowest BCUT2D eigenvalue weighted by molar-refractivity contribution is 0.371. The Morgan fingerprint density at radius 1 is 1.28 bits per heavy atom. The molecule has 18 heavy (non-hydrogen) atoms. The predicted octanol–water partition coefficient (Wildman–Crippen LogP) is 4.33. The summed E-state index contributed by atoms with van der Waals surface area (Å²) < 4.78 is 28.0. The van der Waals surface area contributed by atoms with Crippen molar-refractivity contribution in [2.75, 3.05) is 11.4 Å². The van der Waals surface area contributed by atoms with Crippen molar-refractivity contribution in [2.45, 2.75) is 38.6 Å².